The quantitative estimate of drug-likeness (QED) is 0.477. The van der Waals surface area contributed by atoms with Crippen molar-refractivity contribution in [2.75, 3.05) is 7.11 Å². The normalized spacial score (nSPS) is 9.46. The van der Waals surface area contributed by atoms with Gasteiger partial charge in [-0.25, -0.2) is 4.79 Å². The molecule has 0 amide bonds. The number of carbonyl (C=O) groups excluding carboxylic acids is 1. The molecule has 0 radical (unpaired) electrons. The zero-order chi connectivity index (χ0) is 9.84. The van der Waals surface area contributed by atoms with Gasteiger partial charge in [0, 0.05) is 3.57 Å². The van der Waals surface area contributed by atoms with Crippen LogP contribution in [0.25, 0.3) is 0 Å². The fourth-order valence-corrected chi connectivity index (χ4v) is 1.53. The van der Waals surface area contributed by atoms with Crippen molar-refractivity contribution in [2.24, 2.45) is 0 Å². The molecule has 0 aliphatic heterocycles. The molecule has 0 heterocycles. The number of rotatable bonds is 2. The maximum absolute atomic E-state index is 11.2. The number of hydrogen-bond acceptors (Lipinski definition) is 3. The zero-order valence-corrected chi connectivity index (χ0v) is 10.2. The van der Waals surface area contributed by atoms with Gasteiger partial charge in [-0.1, -0.05) is 0 Å². The van der Waals surface area contributed by atoms with Crippen LogP contribution in [0.3, 0.4) is 0 Å². The number of ether oxygens (including phenoxy) is 1. The molecule has 1 aromatic carbocycles. The minimum absolute atomic E-state index is 0.395. The van der Waals surface area contributed by atoms with E-state index in [1.165, 1.54) is 7.11 Å². The van der Waals surface area contributed by atoms with E-state index in [1.54, 1.807) is 12.1 Å². The molecular formula is C8H8IO3P. The smallest absolute Gasteiger partial charge is 0.341 e. The number of esters is 1. The van der Waals surface area contributed by atoms with Crippen LogP contribution in [0.1, 0.15) is 10.4 Å². The summed E-state index contributed by atoms with van der Waals surface area (Å²) in [6.07, 6.45) is 0. The standard InChI is InChI=1S/C8H8IO3P/c1-11-8(10)6-3-2-5(9)4-7(6)12-13/h2-4H,13H2,1H3. The Labute approximate surface area is 92.2 Å². The van der Waals surface area contributed by atoms with Gasteiger partial charge in [0.1, 0.15) is 11.3 Å². The second kappa shape index (κ2) is 4.77. The summed E-state index contributed by atoms with van der Waals surface area (Å²) in [4.78, 5) is 11.2. The molecule has 0 N–H and O–H groups in total. The van der Waals surface area contributed by atoms with Crippen molar-refractivity contribution in [2.45, 2.75) is 0 Å². The van der Waals surface area contributed by atoms with Crippen LogP contribution in [0.5, 0.6) is 5.75 Å². The van der Waals surface area contributed by atoms with Crippen LogP contribution in [0.2, 0.25) is 0 Å². The van der Waals surface area contributed by atoms with E-state index < -0.39 is 5.97 Å². The molecule has 0 aliphatic carbocycles. The fourth-order valence-electron chi connectivity index (χ4n) is 0.872. The first kappa shape index (κ1) is 10.7. The lowest BCUT2D eigenvalue weighted by atomic mass is 10.2. The van der Waals surface area contributed by atoms with Crippen LogP contribution >= 0.6 is 32.1 Å². The van der Waals surface area contributed by atoms with E-state index in [0.29, 0.717) is 11.3 Å². The second-order valence-electron chi connectivity index (χ2n) is 2.25. The predicted molar refractivity (Wildman–Crippen MR) is 60.8 cm³/mol. The molecule has 3 nitrogen and oxygen atoms in total. The number of carbonyl (C=O) groups is 1. The van der Waals surface area contributed by atoms with Gasteiger partial charge < -0.3 is 9.26 Å². The molecule has 0 saturated heterocycles. The van der Waals surface area contributed by atoms with Gasteiger partial charge in [-0.05, 0) is 40.8 Å². The summed E-state index contributed by atoms with van der Waals surface area (Å²) in [6.45, 7) is 0. The third kappa shape index (κ3) is 2.54. The first-order valence-electron chi connectivity index (χ1n) is 3.43. The highest BCUT2D eigenvalue weighted by atomic mass is 127. The van der Waals surface area contributed by atoms with Gasteiger partial charge in [0.25, 0.3) is 0 Å². The Morgan fingerprint density at radius 3 is 2.77 bits per heavy atom. The summed E-state index contributed by atoms with van der Waals surface area (Å²) in [6, 6.07) is 5.26. The monoisotopic (exact) mass is 310 g/mol. The number of methoxy groups -OCH3 is 1. The van der Waals surface area contributed by atoms with Gasteiger partial charge in [0.2, 0.25) is 0 Å². The lowest BCUT2D eigenvalue weighted by Gasteiger charge is -2.05. The summed E-state index contributed by atoms with van der Waals surface area (Å²) < 4.78 is 10.6. The molecule has 1 aromatic rings. The van der Waals surface area contributed by atoms with Gasteiger partial charge >= 0.3 is 5.97 Å². The first-order valence-corrected chi connectivity index (χ1v) is 4.98. The Morgan fingerprint density at radius 1 is 1.54 bits per heavy atom. The van der Waals surface area contributed by atoms with Crippen molar-refractivity contribution >= 4 is 38.0 Å². The minimum Gasteiger partial charge on any atom is -0.479 e. The van der Waals surface area contributed by atoms with Crippen molar-refractivity contribution in [3.8, 4) is 5.75 Å². The number of benzene rings is 1. The minimum atomic E-state index is -0.395. The molecule has 0 aliphatic rings. The average molecular weight is 310 g/mol. The van der Waals surface area contributed by atoms with Crippen molar-refractivity contribution < 1.29 is 14.1 Å². The summed E-state index contributed by atoms with van der Waals surface area (Å²) >= 11 is 2.14. The van der Waals surface area contributed by atoms with Gasteiger partial charge in [-0.2, -0.15) is 0 Å². The molecule has 5 heteroatoms. The third-order valence-electron chi connectivity index (χ3n) is 1.48. The van der Waals surface area contributed by atoms with E-state index in [9.17, 15) is 4.79 Å². The molecule has 1 unspecified atom stereocenters. The highest BCUT2D eigenvalue weighted by Gasteiger charge is 2.11. The summed E-state index contributed by atoms with van der Waals surface area (Å²) in [5, 5.41) is 0. The molecule has 1 rings (SSSR count). The molecule has 1 atom stereocenters. The Balaban J connectivity index is 3.13. The van der Waals surface area contributed by atoms with Crippen molar-refractivity contribution in [3.05, 3.63) is 27.3 Å². The highest BCUT2D eigenvalue weighted by Crippen LogP contribution is 2.23. The van der Waals surface area contributed by atoms with E-state index in [-0.39, 0.29) is 0 Å². The molecule has 70 valence electrons. The maximum Gasteiger partial charge on any atom is 0.341 e. The molecule has 0 fully saturated rings. The van der Waals surface area contributed by atoms with Gasteiger partial charge in [-0.15, -0.1) is 0 Å². The van der Waals surface area contributed by atoms with Gasteiger partial charge in [0.05, 0.1) is 16.6 Å². The Kier molecular flexibility index (Phi) is 3.93. The highest BCUT2D eigenvalue weighted by molar-refractivity contribution is 14.1. The van der Waals surface area contributed by atoms with Gasteiger partial charge in [0.15, 0.2) is 0 Å². The summed E-state index contributed by atoms with van der Waals surface area (Å²) in [7, 11) is 3.45. The lowest BCUT2D eigenvalue weighted by molar-refractivity contribution is 0.0599. The van der Waals surface area contributed by atoms with E-state index in [2.05, 4.69) is 36.8 Å². The maximum atomic E-state index is 11.2. The van der Waals surface area contributed by atoms with Crippen molar-refractivity contribution in [1.82, 2.24) is 0 Å². The number of halogens is 1. The Hall–Kier alpha value is -0.350. The summed E-state index contributed by atoms with van der Waals surface area (Å²) in [5.74, 6) is 0.109. The van der Waals surface area contributed by atoms with Crippen LogP contribution in [0.4, 0.5) is 0 Å². The second-order valence-corrected chi connectivity index (χ2v) is 3.73. The van der Waals surface area contributed by atoms with Crippen LogP contribution in [0.15, 0.2) is 18.2 Å². The van der Waals surface area contributed by atoms with Crippen molar-refractivity contribution in [3.63, 3.8) is 0 Å². The zero-order valence-electron chi connectivity index (χ0n) is 6.91. The van der Waals surface area contributed by atoms with Crippen molar-refractivity contribution in [1.29, 1.82) is 0 Å². The van der Waals surface area contributed by atoms with E-state index in [0.717, 1.165) is 3.57 Å². The van der Waals surface area contributed by atoms with Crippen LogP contribution < -0.4 is 4.52 Å². The van der Waals surface area contributed by atoms with Crippen LogP contribution in [0, 0.1) is 3.57 Å². The molecule has 0 saturated carbocycles. The predicted octanol–water partition coefficient (Wildman–Crippen LogP) is 2.25. The third-order valence-corrected chi connectivity index (χ3v) is 2.40. The molecule has 13 heavy (non-hydrogen) atoms. The molecule has 0 bridgehead atoms. The number of hydrogen-bond donors (Lipinski definition) is 0. The lowest BCUT2D eigenvalue weighted by Crippen LogP contribution is -2.02. The molecule has 0 aromatic heterocycles. The topological polar surface area (TPSA) is 35.5 Å². The van der Waals surface area contributed by atoms with E-state index >= 15 is 0 Å². The SMILES string of the molecule is COC(=O)c1ccc(I)cc1OP. The average Bonchev–Trinajstić information content (AvgIpc) is 2.16. The van der Waals surface area contributed by atoms with E-state index in [1.807, 2.05) is 6.07 Å². The van der Waals surface area contributed by atoms with E-state index in [4.69, 9.17) is 4.52 Å². The summed E-state index contributed by atoms with van der Waals surface area (Å²) in [5.41, 5.74) is 0.429. The molecule has 0 spiro atoms. The largest absolute Gasteiger partial charge is 0.479 e. The van der Waals surface area contributed by atoms with Gasteiger partial charge in [-0.3, -0.25) is 0 Å². The van der Waals surface area contributed by atoms with Crippen LogP contribution in [-0.2, 0) is 4.74 Å². The fraction of sp³-hybridized carbons (Fsp3) is 0.125. The Morgan fingerprint density at radius 2 is 2.23 bits per heavy atom. The van der Waals surface area contributed by atoms with Crippen LogP contribution in [-0.4, -0.2) is 13.1 Å². The first-order chi connectivity index (χ1) is 6.19. The molecular weight excluding hydrogens is 302 g/mol. The Bertz CT molecular complexity index is 327.